The Labute approximate surface area is 110 Å². The summed E-state index contributed by atoms with van der Waals surface area (Å²) in [5.41, 5.74) is 0. The third-order valence-corrected chi connectivity index (χ3v) is 3.01. The van der Waals surface area contributed by atoms with E-state index in [-0.39, 0.29) is 31.0 Å². The molecule has 102 valence electrons. The predicted molar refractivity (Wildman–Crippen MR) is 71.6 cm³/mol. The van der Waals surface area contributed by atoms with Crippen molar-refractivity contribution in [2.24, 2.45) is 5.92 Å². The molecule has 2 atom stereocenters. The zero-order valence-corrected chi connectivity index (χ0v) is 11.6. The molecule has 5 heteroatoms. The SMILES string of the molecule is CCCOCC(=O)NC(C)C1CCCNC1.Cl. The van der Waals surface area contributed by atoms with Crippen molar-refractivity contribution in [2.75, 3.05) is 26.3 Å². The summed E-state index contributed by atoms with van der Waals surface area (Å²) in [7, 11) is 0. The lowest BCUT2D eigenvalue weighted by atomic mass is 9.93. The number of halogens is 1. The highest BCUT2D eigenvalue weighted by atomic mass is 35.5. The summed E-state index contributed by atoms with van der Waals surface area (Å²) in [4.78, 5) is 11.5. The summed E-state index contributed by atoms with van der Waals surface area (Å²) >= 11 is 0. The predicted octanol–water partition coefficient (Wildman–Crippen LogP) is 1.34. The number of carbonyl (C=O) groups excluding carboxylic acids is 1. The maximum absolute atomic E-state index is 11.5. The smallest absolute Gasteiger partial charge is 0.246 e. The van der Waals surface area contributed by atoms with Gasteiger partial charge in [0.15, 0.2) is 0 Å². The second-order valence-corrected chi connectivity index (χ2v) is 4.52. The van der Waals surface area contributed by atoms with Crippen LogP contribution < -0.4 is 10.6 Å². The highest BCUT2D eigenvalue weighted by Gasteiger charge is 2.20. The van der Waals surface area contributed by atoms with Crippen LogP contribution in [-0.4, -0.2) is 38.3 Å². The lowest BCUT2D eigenvalue weighted by molar-refractivity contribution is -0.126. The molecule has 1 rings (SSSR count). The Morgan fingerprint density at radius 2 is 2.35 bits per heavy atom. The van der Waals surface area contributed by atoms with Gasteiger partial charge in [-0.25, -0.2) is 0 Å². The number of piperidine rings is 1. The molecule has 0 saturated carbocycles. The van der Waals surface area contributed by atoms with E-state index >= 15 is 0 Å². The largest absolute Gasteiger partial charge is 0.372 e. The summed E-state index contributed by atoms with van der Waals surface area (Å²) in [6.45, 7) is 7.09. The van der Waals surface area contributed by atoms with Gasteiger partial charge in [-0.05, 0) is 45.2 Å². The van der Waals surface area contributed by atoms with Crippen molar-refractivity contribution < 1.29 is 9.53 Å². The minimum Gasteiger partial charge on any atom is -0.372 e. The van der Waals surface area contributed by atoms with Gasteiger partial charge in [-0.1, -0.05) is 6.92 Å². The zero-order chi connectivity index (χ0) is 11.8. The van der Waals surface area contributed by atoms with Crippen molar-refractivity contribution in [3.8, 4) is 0 Å². The Morgan fingerprint density at radius 1 is 1.59 bits per heavy atom. The van der Waals surface area contributed by atoms with E-state index < -0.39 is 0 Å². The summed E-state index contributed by atoms with van der Waals surface area (Å²) in [6, 6.07) is 0.241. The number of amides is 1. The van der Waals surface area contributed by atoms with Crippen LogP contribution >= 0.6 is 12.4 Å². The molecule has 1 amide bonds. The van der Waals surface area contributed by atoms with Gasteiger partial charge in [0.1, 0.15) is 6.61 Å². The Bertz CT molecular complexity index is 209. The van der Waals surface area contributed by atoms with Crippen molar-refractivity contribution >= 4 is 18.3 Å². The van der Waals surface area contributed by atoms with E-state index in [0.29, 0.717) is 12.5 Å². The van der Waals surface area contributed by atoms with E-state index in [1.54, 1.807) is 0 Å². The van der Waals surface area contributed by atoms with Crippen LogP contribution in [0, 0.1) is 5.92 Å². The van der Waals surface area contributed by atoms with Crippen molar-refractivity contribution in [2.45, 2.75) is 39.2 Å². The van der Waals surface area contributed by atoms with Crippen molar-refractivity contribution in [3.05, 3.63) is 0 Å². The standard InChI is InChI=1S/C12H24N2O2.ClH/c1-3-7-16-9-12(15)14-10(2)11-5-4-6-13-8-11;/h10-11,13H,3-9H2,1-2H3,(H,14,15);1H. The van der Waals surface area contributed by atoms with Crippen molar-refractivity contribution in [1.82, 2.24) is 10.6 Å². The van der Waals surface area contributed by atoms with E-state index in [0.717, 1.165) is 19.5 Å². The number of ether oxygens (including phenoxy) is 1. The van der Waals surface area contributed by atoms with Crippen LogP contribution in [0.1, 0.15) is 33.1 Å². The summed E-state index contributed by atoms with van der Waals surface area (Å²) in [5.74, 6) is 0.565. The molecular weight excluding hydrogens is 240 g/mol. The number of nitrogens with one attached hydrogen (secondary N) is 2. The third-order valence-electron chi connectivity index (χ3n) is 3.01. The van der Waals surface area contributed by atoms with Crippen LogP contribution in [0.3, 0.4) is 0 Å². The molecular formula is C12H25ClN2O2. The lowest BCUT2D eigenvalue weighted by Gasteiger charge is -2.28. The normalized spacial score (nSPS) is 21.4. The molecule has 0 aromatic heterocycles. The molecule has 17 heavy (non-hydrogen) atoms. The first kappa shape index (κ1) is 16.7. The molecule has 0 aliphatic carbocycles. The molecule has 0 radical (unpaired) electrons. The zero-order valence-electron chi connectivity index (χ0n) is 10.8. The van der Waals surface area contributed by atoms with Crippen LogP contribution in [-0.2, 0) is 9.53 Å². The third kappa shape index (κ3) is 6.86. The van der Waals surface area contributed by atoms with Crippen LogP contribution in [0.4, 0.5) is 0 Å². The average Bonchev–Trinajstić information content (AvgIpc) is 2.30. The molecule has 0 spiro atoms. The Balaban J connectivity index is 0.00000256. The number of hydrogen-bond donors (Lipinski definition) is 2. The Hall–Kier alpha value is -0.320. The molecule has 0 bridgehead atoms. The second kappa shape index (κ2) is 9.68. The first-order chi connectivity index (χ1) is 7.74. The fraction of sp³-hybridized carbons (Fsp3) is 0.917. The molecule has 1 aliphatic heterocycles. The van der Waals surface area contributed by atoms with E-state index in [4.69, 9.17) is 4.74 Å². The van der Waals surface area contributed by atoms with Gasteiger partial charge in [-0.2, -0.15) is 0 Å². The molecule has 0 aromatic rings. The van der Waals surface area contributed by atoms with Gasteiger partial charge in [-0.15, -0.1) is 12.4 Å². The Morgan fingerprint density at radius 3 is 2.94 bits per heavy atom. The second-order valence-electron chi connectivity index (χ2n) is 4.52. The minimum absolute atomic E-state index is 0. The molecule has 2 N–H and O–H groups in total. The quantitative estimate of drug-likeness (QED) is 0.712. The van der Waals surface area contributed by atoms with Gasteiger partial charge >= 0.3 is 0 Å². The van der Waals surface area contributed by atoms with Crippen molar-refractivity contribution in [3.63, 3.8) is 0 Å². The number of carbonyl (C=O) groups is 1. The number of rotatable bonds is 6. The van der Waals surface area contributed by atoms with Crippen LogP contribution in [0.2, 0.25) is 0 Å². The molecule has 1 fully saturated rings. The monoisotopic (exact) mass is 264 g/mol. The average molecular weight is 265 g/mol. The van der Waals surface area contributed by atoms with E-state index in [1.165, 1.54) is 12.8 Å². The molecule has 0 aromatic carbocycles. The maximum atomic E-state index is 11.5. The molecule has 4 nitrogen and oxygen atoms in total. The fourth-order valence-electron chi connectivity index (χ4n) is 2.03. The highest BCUT2D eigenvalue weighted by molar-refractivity contribution is 5.85. The summed E-state index contributed by atoms with van der Waals surface area (Å²) in [5, 5.41) is 6.36. The van der Waals surface area contributed by atoms with Gasteiger partial charge in [-0.3, -0.25) is 4.79 Å². The van der Waals surface area contributed by atoms with Crippen LogP contribution in [0.5, 0.6) is 0 Å². The van der Waals surface area contributed by atoms with Crippen LogP contribution in [0.25, 0.3) is 0 Å². The van der Waals surface area contributed by atoms with Gasteiger partial charge in [0, 0.05) is 12.6 Å². The summed E-state index contributed by atoms with van der Waals surface area (Å²) in [6.07, 6.45) is 3.36. The Kier molecular flexibility index (Phi) is 9.50. The molecule has 1 saturated heterocycles. The first-order valence-electron chi connectivity index (χ1n) is 6.32. The van der Waals surface area contributed by atoms with Gasteiger partial charge in [0.25, 0.3) is 0 Å². The molecule has 2 unspecified atom stereocenters. The maximum Gasteiger partial charge on any atom is 0.246 e. The van der Waals surface area contributed by atoms with E-state index in [9.17, 15) is 4.79 Å². The molecule has 1 aliphatic rings. The fourth-order valence-corrected chi connectivity index (χ4v) is 2.03. The van der Waals surface area contributed by atoms with Gasteiger partial charge < -0.3 is 15.4 Å². The topological polar surface area (TPSA) is 50.4 Å². The van der Waals surface area contributed by atoms with Gasteiger partial charge in [0.05, 0.1) is 0 Å². The lowest BCUT2D eigenvalue weighted by Crippen LogP contribution is -2.45. The van der Waals surface area contributed by atoms with Crippen molar-refractivity contribution in [1.29, 1.82) is 0 Å². The molecule has 1 heterocycles. The first-order valence-corrected chi connectivity index (χ1v) is 6.32. The van der Waals surface area contributed by atoms with E-state index in [1.807, 2.05) is 6.92 Å². The van der Waals surface area contributed by atoms with Gasteiger partial charge in [0.2, 0.25) is 5.91 Å². The van der Waals surface area contributed by atoms with E-state index in [2.05, 4.69) is 17.6 Å². The van der Waals surface area contributed by atoms with Crippen LogP contribution in [0.15, 0.2) is 0 Å². The number of hydrogen-bond acceptors (Lipinski definition) is 3. The summed E-state index contributed by atoms with van der Waals surface area (Å²) < 4.78 is 5.21. The highest BCUT2D eigenvalue weighted by Crippen LogP contribution is 2.13. The minimum atomic E-state index is 0.